The number of pyridine rings is 1. The molecule has 0 saturated carbocycles. The molecule has 0 N–H and O–H groups in total. The molecule has 2 nitrogen and oxygen atoms in total. The van der Waals surface area contributed by atoms with Crippen molar-refractivity contribution in [2.75, 3.05) is 0 Å². The number of fused-ring (bicyclic) bond motifs is 1. The third-order valence-electron chi connectivity index (χ3n) is 2.05. The topological polar surface area (TPSA) is 30.0 Å². The van der Waals surface area contributed by atoms with Gasteiger partial charge in [0, 0.05) is 21.6 Å². The Balaban J connectivity index is 2.87. The minimum Gasteiger partial charge on any atom is -0.294 e. The molecule has 0 amide bonds. The summed E-state index contributed by atoms with van der Waals surface area (Å²) in [5.74, 6) is 0.0370. The smallest absolute Gasteiger partial charge is 0.162 e. The van der Waals surface area contributed by atoms with Gasteiger partial charge in [0.25, 0.3) is 0 Å². The van der Waals surface area contributed by atoms with Crippen LogP contribution in [-0.2, 0) is 0 Å². The highest BCUT2D eigenvalue weighted by molar-refractivity contribution is 9.10. The molecule has 2 aromatic rings. The highest BCUT2D eigenvalue weighted by Gasteiger charge is 2.07. The molecule has 0 fully saturated rings. The van der Waals surface area contributed by atoms with Crippen LogP contribution in [-0.4, -0.2) is 10.8 Å². The summed E-state index contributed by atoms with van der Waals surface area (Å²) in [5.41, 5.74) is 1.43. The summed E-state index contributed by atoms with van der Waals surface area (Å²) in [6.45, 7) is 1.55. The molecular weight excluding hydrogens is 242 g/mol. The molecule has 0 atom stereocenters. The lowest BCUT2D eigenvalue weighted by molar-refractivity contribution is 0.101. The number of carbonyl (C=O) groups is 1. The van der Waals surface area contributed by atoms with Crippen molar-refractivity contribution >= 4 is 32.6 Å². The molecule has 0 spiro atoms. The largest absolute Gasteiger partial charge is 0.294 e. The van der Waals surface area contributed by atoms with E-state index in [9.17, 15) is 4.79 Å². The Bertz CT molecular complexity index is 508. The zero-order valence-electron chi connectivity index (χ0n) is 7.62. The molecule has 2 rings (SSSR count). The van der Waals surface area contributed by atoms with Gasteiger partial charge in [0.1, 0.15) is 0 Å². The van der Waals surface area contributed by atoms with Crippen LogP contribution in [0.3, 0.4) is 0 Å². The van der Waals surface area contributed by atoms with E-state index in [-0.39, 0.29) is 5.78 Å². The lowest BCUT2D eigenvalue weighted by Crippen LogP contribution is -1.95. The zero-order chi connectivity index (χ0) is 10.1. The van der Waals surface area contributed by atoms with Crippen LogP contribution in [0.15, 0.2) is 34.9 Å². The maximum atomic E-state index is 11.4. The Hall–Kier alpha value is -1.22. The van der Waals surface area contributed by atoms with Crippen molar-refractivity contribution in [1.29, 1.82) is 0 Å². The summed E-state index contributed by atoms with van der Waals surface area (Å²) < 4.78 is 0.906. The number of hydrogen-bond acceptors (Lipinski definition) is 2. The predicted octanol–water partition coefficient (Wildman–Crippen LogP) is 3.20. The Kier molecular flexibility index (Phi) is 2.33. The van der Waals surface area contributed by atoms with Gasteiger partial charge in [-0.15, -0.1) is 0 Å². The summed E-state index contributed by atoms with van der Waals surface area (Å²) >= 11 is 3.37. The van der Waals surface area contributed by atoms with Crippen molar-refractivity contribution in [2.45, 2.75) is 6.92 Å². The maximum absolute atomic E-state index is 11.4. The van der Waals surface area contributed by atoms with Crippen LogP contribution in [0.5, 0.6) is 0 Å². The number of halogens is 1. The molecule has 0 aliphatic rings. The second-order valence-electron chi connectivity index (χ2n) is 3.08. The number of ketones is 1. The third kappa shape index (κ3) is 1.55. The van der Waals surface area contributed by atoms with Gasteiger partial charge in [-0.3, -0.25) is 9.78 Å². The quantitative estimate of drug-likeness (QED) is 0.727. The number of rotatable bonds is 1. The fourth-order valence-corrected chi connectivity index (χ4v) is 1.90. The van der Waals surface area contributed by atoms with Crippen molar-refractivity contribution in [3.8, 4) is 0 Å². The average molecular weight is 250 g/mol. The van der Waals surface area contributed by atoms with E-state index in [2.05, 4.69) is 20.9 Å². The van der Waals surface area contributed by atoms with Gasteiger partial charge < -0.3 is 0 Å². The van der Waals surface area contributed by atoms with Crippen molar-refractivity contribution in [3.05, 3.63) is 40.5 Å². The Morgan fingerprint density at radius 1 is 1.43 bits per heavy atom. The second kappa shape index (κ2) is 3.50. The fraction of sp³-hybridized carbons (Fsp3) is 0.0909. The highest BCUT2D eigenvalue weighted by atomic mass is 79.9. The van der Waals surface area contributed by atoms with Gasteiger partial charge in [0.05, 0.1) is 5.52 Å². The molecular formula is C11H8BrNO. The van der Waals surface area contributed by atoms with Gasteiger partial charge in [-0.1, -0.05) is 22.0 Å². The first-order valence-electron chi connectivity index (χ1n) is 4.23. The van der Waals surface area contributed by atoms with Gasteiger partial charge in [-0.25, -0.2) is 0 Å². The predicted molar refractivity (Wildman–Crippen MR) is 59.4 cm³/mol. The Morgan fingerprint density at radius 3 is 2.93 bits per heavy atom. The van der Waals surface area contributed by atoms with Crippen LogP contribution in [0.4, 0.5) is 0 Å². The number of carbonyl (C=O) groups excluding carboxylic acids is 1. The summed E-state index contributed by atoms with van der Waals surface area (Å²) in [5, 5.41) is 0.979. The molecule has 0 unspecified atom stereocenters. The van der Waals surface area contributed by atoms with Crippen molar-refractivity contribution in [1.82, 2.24) is 4.98 Å². The van der Waals surface area contributed by atoms with Crippen molar-refractivity contribution < 1.29 is 4.79 Å². The first kappa shape index (κ1) is 9.34. The lowest BCUT2D eigenvalue weighted by Gasteiger charge is -2.02. The minimum atomic E-state index is 0.0370. The Morgan fingerprint density at radius 2 is 2.21 bits per heavy atom. The fourth-order valence-electron chi connectivity index (χ4n) is 1.42. The van der Waals surface area contributed by atoms with E-state index in [1.165, 1.54) is 0 Å². The number of nitrogens with zero attached hydrogens (tertiary/aromatic N) is 1. The van der Waals surface area contributed by atoms with Crippen LogP contribution in [0, 0.1) is 0 Å². The summed E-state index contributed by atoms with van der Waals surface area (Å²) in [7, 11) is 0. The van der Waals surface area contributed by atoms with E-state index in [4.69, 9.17) is 0 Å². The van der Waals surface area contributed by atoms with Crippen LogP contribution < -0.4 is 0 Å². The van der Waals surface area contributed by atoms with Crippen LogP contribution in [0.1, 0.15) is 17.3 Å². The lowest BCUT2D eigenvalue weighted by atomic mass is 10.1. The SMILES string of the molecule is CC(=O)c1cc(Br)cc2cccnc12. The van der Waals surface area contributed by atoms with E-state index in [1.807, 2.05) is 18.2 Å². The van der Waals surface area contributed by atoms with Gasteiger partial charge in [0.15, 0.2) is 5.78 Å². The molecule has 0 aliphatic carbocycles. The molecule has 0 saturated heterocycles. The summed E-state index contributed by atoms with van der Waals surface area (Å²) in [6.07, 6.45) is 1.70. The van der Waals surface area contributed by atoms with Crippen molar-refractivity contribution in [3.63, 3.8) is 0 Å². The van der Waals surface area contributed by atoms with E-state index in [0.717, 1.165) is 15.4 Å². The van der Waals surface area contributed by atoms with Crippen molar-refractivity contribution in [2.24, 2.45) is 0 Å². The van der Waals surface area contributed by atoms with E-state index >= 15 is 0 Å². The number of benzene rings is 1. The van der Waals surface area contributed by atoms with Gasteiger partial charge in [0.2, 0.25) is 0 Å². The van der Waals surface area contributed by atoms with Gasteiger partial charge >= 0.3 is 0 Å². The summed E-state index contributed by atoms with van der Waals surface area (Å²) in [6, 6.07) is 7.56. The van der Waals surface area contributed by atoms with E-state index in [0.29, 0.717) is 5.56 Å². The molecule has 70 valence electrons. The number of aromatic nitrogens is 1. The summed E-state index contributed by atoms with van der Waals surface area (Å²) in [4.78, 5) is 15.6. The maximum Gasteiger partial charge on any atom is 0.162 e. The minimum absolute atomic E-state index is 0.0370. The zero-order valence-corrected chi connectivity index (χ0v) is 9.21. The standard InChI is InChI=1S/C11H8BrNO/c1-7(14)10-6-9(12)5-8-3-2-4-13-11(8)10/h2-6H,1H3. The third-order valence-corrected chi connectivity index (χ3v) is 2.51. The molecule has 1 aromatic heterocycles. The average Bonchev–Trinajstić information content (AvgIpc) is 2.16. The number of hydrogen-bond donors (Lipinski definition) is 0. The normalized spacial score (nSPS) is 10.4. The van der Waals surface area contributed by atoms with E-state index < -0.39 is 0 Å². The highest BCUT2D eigenvalue weighted by Crippen LogP contribution is 2.22. The number of Topliss-reactive ketones (excluding diaryl/α,β-unsaturated/α-hetero) is 1. The van der Waals surface area contributed by atoms with Gasteiger partial charge in [-0.2, -0.15) is 0 Å². The molecule has 0 aliphatic heterocycles. The van der Waals surface area contributed by atoms with Crippen LogP contribution in [0.25, 0.3) is 10.9 Å². The Labute approximate surface area is 90.1 Å². The molecule has 1 heterocycles. The van der Waals surface area contributed by atoms with E-state index in [1.54, 1.807) is 19.2 Å². The van der Waals surface area contributed by atoms with Gasteiger partial charge in [-0.05, 0) is 25.1 Å². The molecule has 14 heavy (non-hydrogen) atoms. The first-order chi connectivity index (χ1) is 6.68. The molecule has 0 radical (unpaired) electrons. The van der Waals surface area contributed by atoms with Crippen LogP contribution in [0.2, 0.25) is 0 Å². The monoisotopic (exact) mass is 249 g/mol. The molecule has 3 heteroatoms. The van der Waals surface area contributed by atoms with Crippen LogP contribution >= 0.6 is 15.9 Å². The first-order valence-corrected chi connectivity index (χ1v) is 5.03. The molecule has 0 bridgehead atoms. The second-order valence-corrected chi connectivity index (χ2v) is 4.00. The molecule has 1 aromatic carbocycles.